The molecule has 0 saturated heterocycles. The summed E-state index contributed by atoms with van der Waals surface area (Å²) < 4.78 is 0. The summed E-state index contributed by atoms with van der Waals surface area (Å²) in [5.74, 6) is 0.804. The van der Waals surface area contributed by atoms with Gasteiger partial charge in [-0.25, -0.2) is 0 Å². The second-order valence-electron chi connectivity index (χ2n) is 8.61. The Kier molecular flexibility index (Phi) is 5.17. The fourth-order valence-electron chi connectivity index (χ4n) is 4.97. The Bertz CT molecular complexity index is 679. The molecular formula is C22H32Si2. The highest BCUT2D eigenvalue weighted by atomic mass is 28.3. The maximum Gasteiger partial charge on any atom is 0.115 e. The number of rotatable bonds is 3. The van der Waals surface area contributed by atoms with Gasteiger partial charge in [-0.05, 0) is 12.0 Å². The standard InChI is InChI=1S/C22H32Si2/c1-19(2)18-23(3)16-10-11-17-24(4,20-12-6-5-7-13-20)22-15-9-8-14-21(22)23/h5-9,12-15,19H,10-11,16-18H2,1-4H3/t23-,24-/m0/s1. The van der Waals surface area contributed by atoms with Gasteiger partial charge in [0.25, 0.3) is 0 Å². The molecule has 0 saturated carbocycles. The van der Waals surface area contributed by atoms with Crippen molar-refractivity contribution in [2.45, 2.75) is 57.9 Å². The van der Waals surface area contributed by atoms with Crippen LogP contribution < -0.4 is 15.6 Å². The summed E-state index contributed by atoms with van der Waals surface area (Å²) in [6.45, 7) is 10.1. The van der Waals surface area contributed by atoms with Crippen molar-refractivity contribution in [3.05, 3.63) is 54.6 Å². The van der Waals surface area contributed by atoms with Gasteiger partial charge in [-0.3, -0.25) is 0 Å². The van der Waals surface area contributed by atoms with E-state index in [1.807, 2.05) is 0 Å². The molecule has 0 unspecified atom stereocenters. The zero-order valence-electron chi connectivity index (χ0n) is 15.8. The molecule has 0 spiro atoms. The molecule has 2 heteroatoms. The monoisotopic (exact) mass is 352 g/mol. The van der Waals surface area contributed by atoms with Crippen molar-refractivity contribution in [1.29, 1.82) is 0 Å². The highest BCUT2D eigenvalue weighted by molar-refractivity contribution is 7.06. The van der Waals surface area contributed by atoms with Crippen molar-refractivity contribution in [3.63, 3.8) is 0 Å². The Morgan fingerprint density at radius 2 is 1.38 bits per heavy atom. The smallest absolute Gasteiger partial charge is 0.0652 e. The molecule has 0 amide bonds. The Morgan fingerprint density at radius 1 is 0.792 bits per heavy atom. The molecule has 128 valence electrons. The minimum absolute atomic E-state index is 0.804. The van der Waals surface area contributed by atoms with Crippen LogP contribution in [-0.2, 0) is 0 Å². The van der Waals surface area contributed by atoms with Crippen LogP contribution in [0.25, 0.3) is 0 Å². The third-order valence-electron chi connectivity index (χ3n) is 6.10. The van der Waals surface area contributed by atoms with E-state index in [1.54, 1.807) is 15.6 Å². The highest BCUT2D eigenvalue weighted by Crippen LogP contribution is 2.28. The van der Waals surface area contributed by atoms with Gasteiger partial charge in [-0.1, -0.05) is 122 Å². The van der Waals surface area contributed by atoms with Crippen LogP contribution >= 0.6 is 0 Å². The first-order valence-electron chi connectivity index (χ1n) is 9.61. The maximum atomic E-state index is 2.66. The van der Waals surface area contributed by atoms with E-state index in [0.717, 1.165) is 5.92 Å². The van der Waals surface area contributed by atoms with Gasteiger partial charge in [0.1, 0.15) is 8.07 Å². The maximum absolute atomic E-state index is 2.66. The molecule has 3 rings (SSSR count). The molecule has 24 heavy (non-hydrogen) atoms. The molecule has 0 nitrogen and oxygen atoms in total. The van der Waals surface area contributed by atoms with Crippen molar-refractivity contribution >= 4 is 31.7 Å². The van der Waals surface area contributed by atoms with Gasteiger partial charge < -0.3 is 0 Å². The van der Waals surface area contributed by atoms with Crippen molar-refractivity contribution in [2.24, 2.45) is 5.92 Å². The predicted molar refractivity (Wildman–Crippen MR) is 114 cm³/mol. The van der Waals surface area contributed by atoms with Gasteiger partial charge in [-0.15, -0.1) is 0 Å². The number of benzene rings is 2. The molecule has 1 aliphatic rings. The zero-order valence-corrected chi connectivity index (χ0v) is 17.8. The molecule has 0 bridgehead atoms. The van der Waals surface area contributed by atoms with E-state index >= 15 is 0 Å². The zero-order chi connectivity index (χ0) is 17.2. The average Bonchev–Trinajstić information content (AvgIpc) is 2.58. The first kappa shape index (κ1) is 17.7. The lowest BCUT2D eigenvalue weighted by atomic mass is 10.3. The van der Waals surface area contributed by atoms with Crippen LogP contribution in [0.2, 0.25) is 31.2 Å². The Balaban J connectivity index is 2.18. The fraction of sp³-hybridized carbons (Fsp3) is 0.455. The minimum Gasteiger partial charge on any atom is -0.0652 e. The topological polar surface area (TPSA) is 0 Å². The van der Waals surface area contributed by atoms with Gasteiger partial charge in [0.2, 0.25) is 0 Å². The second kappa shape index (κ2) is 7.01. The van der Waals surface area contributed by atoms with Crippen LogP contribution in [0, 0.1) is 5.92 Å². The van der Waals surface area contributed by atoms with Crippen LogP contribution in [-0.4, -0.2) is 16.1 Å². The third-order valence-corrected chi connectivity index (χ3v) is 15.8. The Hall–Kier alpha value is -1.13. The van der Waals surface area contributed by atoms with Crippen LogP contribution in [0.4, 0.5) is 0 Å². The molecule has 2 aromatic rings. The number of hydrogen-bond donors (Lipinski definition) is 0. The van der Waals surface area contributed by atoms with E-state index in [2.05, 4.69) is 81.5 Å². The van der Waals surface area contributed by atoms with Gasteiger partial charge in [0.05, 0.1) is 8.07 Å². The van der Waals surface area contributed by atoms with E-state index in [1.165, 1.54) is 31.0 Å². The normalized spacial score (nSPS) is 27.4. The fourth-order valence-corrected chi connectivity index (χ4v) is 15.4. The minimum atomic E-state index is -1.62. The Morgan fingerprint density at radius 3 is 2.04 bits per heavy atom. The lowest BCUT2D eigenvalue weighted by Gasteiger charge is -2.40. The summed E-state index contributed by atoms with van der Waals surface area (Å²) >= 11 is 0. The van der Waals surface area contributed by atoms with Crippen molar-refractivity contribution in [1.82, 2.24) is 0 Å². The average molecular weight is 353 g/mol. The SMILES string of the molecule is CC(C)C[Si@]1(C)CCCC[Si@@](C)(c2ccccc2)c2ccccc21. The number of fused-ring (bicyclic) bond motifs is 1. The highest BCUT2D eigenvalue weighted by Gasteiger charge is 2.41. The van der Waals surface area contributed by atoms with Crippen LogP contribution in [0.1, 0.15) is 26.7 Å². The van der Waals surface area contributed by atoms with E-state index in [0.29, 0.717) is 0 Å². The molecule has 0 N–H and O–H groups in total. The lowest BCUT2D eigenvalue weighted by molar-refractivity contribution is 0.714. The van der Waals surface area contributed by atoms with Gasteiger partial charge in [0, 0.05) is 0 Å². The molecule has 0 radical (unpaired) electrons. The quantitative estimate of drug-likeness (QED) is 0.707. The molecule has 0 aliphatic carbocycles. The van der Waals surface area contributed by atoms with Crippen LogP contribution in [0.15, 0.2) is 54.6 Å². The lowest BCUT2D eigenvalue weighted by Crippen LogP contribution is -2.66. The predicted octanol–water partition coefficient (Wildman–Crippen LogP) is 4.61. The summed E-state index contributed by atoms with van der Waals surface area (Å²) in [6, 6.07) is 25.3. The molecule has 0 fully saturated rings. The van der Waals surface area contributed by atoms with Gasteiger partial charge >= 0.3 is 0 Å². The molecule has 2 atom stereocenters. The summed E-state index contributed by atoms with van der Waals surface area (Å²) in [5.41, 5.74) is 0. The van der Waals surface area contributed by atoms with Crippen molar-refractivity contribution in [2.75, 3.05) is 0 Å². The molecule has 1 heterocycles. The third kappa shape index (κ3) is 3.31. The molecule has 1 aliphatic heterocycles. The molecular weight excluding hydrogens is 320 g/mol. The molecule has 2 aromatic carbocycles. The summed E-state index contributed by atoms with van der Waals surface area (Å²) in [5, 5.41) is 5.17. The van der Waals surface area contributed by atoms with Gasteiger partial charge in [-0.2, -0.15) is 0 Å². The first-order chi connectivity index (χ1) is 11.5. The van der Waals surface area contributed by atoms with Gasteiger partial charge in [0.15, 0.2) is 0 Å². The van der Waals surface area contributed by atoms with Crippen molar-refractivity contribution in [3.8, 4) is 0 Å². The van der Waals surface area contributed by atoms with E-state index in [-0.39, 0.29) is 0 Å². The summed E-state index contributed by atoms with van der Waals surface area (Å²) in [4.78, 5) is 0. The van der Waals surface area contributed by atoms with Crippen molar-refractivity contribution < 1.29 is 0 Å². The van der Waals surface area contributed by atoms with E-state index in [4.69, 9.17) is 0 Å². The summed E-state index contributed by atoms with van der Waals surface area (Å²) in [7, 11) is -3.01. The largest absolute Gasteiger partial charge is 0.115 e. The second-order valence-corrected chi connectivity index (χ2v) is 17.5. The number of hydrogen-bond acceptors (Lipinski definition) is 0. The van der Waals surface area contributed by atoms with E-state index < -0.39 is 16.1 Å². The first-order valence-corrected chi connectivity index (χ1v) is 15.2. The van der Waals surface area contributed by atoms with Crippen LogP contribution in [0.3, 0.4) is 0 Å². The van der Waals surface area contributed by atoms with Crippen LogP contribution in [0.5, 0.6) is 0 Å². The Labute approximate surface area is 150 Å². The summed E-state index contributed by atoms with van der Waals surface area (Å²) in [6.07, 6.45) is 2.84. The molecule has 0 aromatic heterocycles. The van der Waals surface area contributed by atoms with E-state index in [9.17, 15) is 0 Å².